The molecular formula is C25H33NO4. The Morgan fingerprint density at radius 1 is 1.27 bits per heavy atom. The molecule has 1 atom stereocenters. The standard InChI is InChI=1S/C25H33NO4/c1-6-29-24(28)23(30-25(3,4)5)21-16(2)14-20-19(13-12-18(15-27)26-20)22(21)17-10-8-7-9-11-17/h10,12-14,23,27H,6-9,11,15H2,1-5H3/t23-/m0/s1. The number of nitrogens with zero attached hydrogens (tertiary/aromatic N) is 1. The molecule has 1 aliphatic carbocycles. The molecule has 1 N–H and O–H groups in total. The third kappa shape index (κ3) is 4.90. The lowest BCUT2D eigenvalue weighted by Gasteiger charge is -2.30. The average molecular weight is 412 g/mol. The zero-order valence-corrected chi connectivity index (χ0v) is 18.7. The summed E-state index contributed by atoms with van der Waals surface area (Å²) < 4.78 is 11.7. The minimum absolute atomic E-state index is 0.104. The Morgan fingerprint density at radius 3 is 2.63 bits per heavy atom. The predicted octanol–water partition coefficient (Wildman–Crippen LogP) is 5.41. The van der Waals surface area contributed by atoms with Gasteiger partial charge in [-0.05, 0) is 89.1 Å². The van der Waals surface area contributed by atoms with E-state index in [1.165, 1.54) is 12.0 Å². The molecule has 1 aromatic carbocycles. The highest BCUT2D eigenvalue weighted by Crippen LogP contribution is 2.41. The Kier molecular flexibility index (Phi) is 6.94. The number of hydrogen-bond donors (Lipinski definition) is 1. The summed E-state index contributed by atoms with van der Waals surface area (Å²) in [4.78, 5) is 17.7. The number of esters is 1. The Labute approximate surface area is 179 Å². The van der Waals surface area contributed by atoms with Crippen LogP contribution >= 0.6 is 0 Å². The smallest absolute Gasteiger partial charge is 0.339 e. The van der Waals surface area contributed by atoms with E-state index in [-0.39, 0.29) is 12.6 Å². The van der Waals surface area contributed by atoms with Crippen LogP contribution in [0.3, 0.4) is 0 Å². The van der Waals surface area contributed by atoms with Gasteiger partial charge in [0.1, 0.15) is 0 Å². The van der Waals surface area contributed by atoms with Crippen molar-refractivity contribution in [1.82, 2.24) is 4.98 Å². The van der Waals surface area contributed by atoms with Crippen LogP contribution in [0.15, 0.2) is 24.3 Å². The Hall–Kier alpha value is -2.24. The molecule has 0 saturated heterocycles. The van der Waals surface area contributed by atoms with Crippen LogP contribution in [-0.4, -0.2) is 28.3 Å². The normalized spacial score (nSPS) is 15.7. The van der Waals surface area contributed by atoms with Gasteiger partial charge in [-0.15, -0.1) is 0 Å². The number of carbonyl (C=O) groups excluding carboxylic acids is 1. The summed E-state index contributed by atoms with van der Waals surface area (Å²) in [6.45, 7) is 9.85. The Balaban J connectivity index is 2.31. The first-order valence-electron chi connectivity index (χ1n) is 10.8. The van der Waals surface area contributed by atoms with Crippen molar-refractivity contribution in [2.24, 2.45) is 0 Å². The first-order valence-corrected chi connectivity index (χ1v) is 10.8. The topological polar surface area (TPSA) is 68.7 Å². The van der Waals surface area contributed by atoms with E-state index in [1.54, 1.807) is 0 Å². The van der Waals surface area contributed by atoms with E-state index in [4.69, 9.17) is 9.47 Å². The van der Waals surface area contributed by atoms with Gasteiger partial charge in [-0.1, -0.05) is 12.1 Å². The maximum absolute atomic E-state index is 13.0. The van der Waals surface area contributed by atoms with E-state index in [1.807, 2.05) is 52.8 Å². The SMILES string of the molecule is CCOC(=O)[C@@H](OC(C)(C)C)c1c(C)cc2nc(CO)ccc2c1C1=CCCCC1. The van der Waals surface area contributed by atoms with Gasteiger partial charge in [-0.25, -0.2) is 4.79 Å². The highest BCUT2D eigenvalue weighted by molar-refractivity contribution is 5.96. The molecule has 0 bridgehead atoms. The molecule has 0 aliphatic heterocycles. The van der Waals surface area contributed by atoms with Crippen molar-refractivity contribution in [3.63, 3.8) is 0 Å². The highest BCUT2D eigenvalue weighted by atomic mass is 16.6. The minimum atomic E-state index is -0.815. The number of aliphatic hydroxyl groups excluding tert-OH is 1. The summed E-state index contributed by atoms with van der Waals surface area (Å²) in [5.74, 6) is -0.368. The molecule has 3 rings (SSSR count). The first kappa shape index (κ1) is 22.4. The number of ether oxygens (including phenoxy) is 2. The molecule has 162 valence electrons. The Morgan fingerprint density at radius 2 is 2.03 bits per heavy atom. The van der Waals surface area contributed by atoms with Gasteiger partial charge in [0.25, 0.3) is 0 Å². The minimum Gasteiger partial charge on any atom is -0.464 e. The molecule has 1 aromatic heterocycles. The van der Waals surface area contributed by atoms with Crippen molar-refractivity contribution in [2.75, 3.05) is 6.61 Å². The maximum atomic E-state index is 13.0. The van der Waals surface area contributed by atoms with Gasteiger partial charge >= 0.3 is 5.97 Å². The monoisotopic (exact) mass is 411 g/mol. The van der Waals surface area contributed by atoms with E-state index < -0.39 is 11.7 Å². The van der Waals surface area contributed by atoms with Gasteiger partial charge in [0.2, 0.25) is 0 Å². The molecule has 0 spiro atoms. The van der Waals surface area contributed by atoms with Crippen molar-refractivity contribution in [1.29, 1.82) is 0 Å². The summed E-state index contributed by atoms with van der Waals surface area (Å²) in [5.41, 5.74) is 5.00. The molecule has 0 unspecified atom stereocenters. The lowest BCUT2D eigenvalue weighted by molar-refractivity contribution is -0.166. The summed E-state index contributed by atoms with van der Waals surface area (Å²) in [6.07, 6.45) is 5.74. The summed E-state index contributed by atoms with van der Waals surface area (Å²) in [7, 11) is 0. The molecular weight excluding hydrogens is 378 g/mol. The van der Waals surface area contributed by atoms with E-state index in [2.05, 4.69) is 11.1 Å². The van der Waals surface area contributed by atoms with Crippen LogP contribution in [0.1, 0.15) is 81.9 Å². The van der Waals surface area contributed by atoms with Crippen LogP contribution in [-0.2, 0) is 20.9 Å². The fourth-order valence-corrected chi connectivity index (χ4v) is 4.10. The summed E-state index contributed by atoms with van der Waals surface area (Å²) in [6, 6.07) is 5.83. The average Bonchev–Trinajstić information content (AvgIpc) is 2.71. The second-order valence-corrected chi connectivity index (χ2v) is 8.85. The number of pyridine rings is 1. The molecule has 5 heteroatoms. The Bertz CT molecular complexity index is 956. The lowest BCUT2D eigenvalue weighted by Crippen LogP contribution is -2.30. The third-order valence-corrected chi connectivity index (χ3v) is 5.31. The van der Waals surface area contributed by atoms with Crippen LogP contribution in [0, 0.1) is 6.92 Å². The first-order chi connectivity index (χ1) is 14.2. The van der Waals surface area contributed by atoms with E-state index in [0.717, 1.165) is 46.9 Å². The van der Waals surface area contributed by atoms with Crippen molar-refractivity contribution in [3.8, 4) is 0 Å². The molecule has 30 heavy (non-hydrogen) atoms. The fourth-order valence-electron chi connectivity index (χ4n) is 4.10. The van der Waals surface area contributed by atoms with Crippen molar-refractivity contribution in [2.45, 2.75) is 78.6 Å². The molecule has 5 nitrogen and oxygen atoms in total. The predicted molar refractivity (Wildman–Crippen MR) is 119 cm³/mol. The molecule has 1 heterocycles. The molecule has 0 saturated carbocycles. The van der Waals surface area contributed by atoms with Crippen molar-refractivity contribution in [3.05, 3.63) is 46.7 Å². The van der Waals surface area contributed by atoms with Crippen LogP contribution in [0.25, 0.3) is 16.5 Å². The van der Waals surface area contributed by atoms with Crippen LogP contribution < -0.4 is 0 Å². The lowest BCUT2D eigenvalue weighted by atomic mass is 9.84. The molecule has 0 radical (unpaired) electrons. The second kappa shape index (κ2) is 9.27. The number of carbonyl (C=O) groups is 1. The third-order valence-electron chi connectivity index (χ3n) is 5.31. The number of fused-ring (bicyclic) bond motifs is 1. The van der Waals surface area contributed by atoms with Gasteiger partial charge in [-0.2, -0.15) is 0 Å². The van der Waals surface area contributed by atoms with Gasteiger partial charge < -0.3 is 14.6 Å². The number of benzene rings is 1. The van der Waals surface area contributed by atoms with E-state index in [0.29, 0.717) is 12.3 Å². The molecule has 0 amide bonds. The molecule has 0 fully saturated rings. The van der Waals surface area contributed by atoms with Gasteiger partial charge in [0.15, 0.2) is 6.10 Å². The molecule has 2 aromatic rings. The number of rotatable bonds is 6. The zero-order chi connectivity index (χ0) is 21.9. The van der Waals surface area contributed by atoms with Gasteiger partial charge in [0.05, 0.1) is 30.0 Å². The highest BCUT2D eigenvalue weighted by Gasteiger charge is 2.33. The van der Waals surface area contributed by atoms with Crippen LogP contribution in [0.2, 0.25) is 0 Å². The van der Waals surface area contributed by atoms with Crippen LogP contribution in [0.5, 0.6) is 0 Å². The van der Waals surface area contributed by atoms with E-state index in [9.17, 15) is 9.90 Å². The number of aromatic nitrogens is 1. The van der Waals surface area contributed by atoms with E-state index >= 15 is 0 Å². The zero-order valence-electron chi connectivity index (χ0n) is 18.7. The quantitative estimate of drug-likeness (QED) is 0.644. The molecule has 1 aliphatic rings. The largest absolute Gasteiger partial charge is 0.464 e. The number of allylic oxidation sites excluding steroid dienone is 2. The van der Waals surface area contributed by atoms with Crippen molar-refractivity contribution < 1.29 is 19.4 Å². The number of aryl methyl sites for hydroxylation is 1. The number of hydrogen-bond acceptors (Lipinski definition) is 5. The fraction of sp³-hybridized carbons (Fsp3) is 0.520. The van der Waals surface area contributed by atoms with Gasteiger partial charge in [0, 0.05) is 10.9 Å². The second-order valence-electron chi connectivity index (χ2n) is 8.85. The van der Waals surface area contributed by atoms with Crippen molar-refractivity contribution >= 4 is 22.4 Å². The van der Waals surface area contributed by atoms with Crippen LogP contribution in [0.4, 0.5) is 0 Å². The summed E-state index contributed by atoms with van der Waals surface area (Å²) >= 11 is 0. The van der Waals surface area contributed by atoms with Gasteiger partial charge in [-0.3, -0.25) is 4.98 Å². The summed E-state index contributed by atoms with van der Waals surface area (Å²) in [5, 5.41) is 10.5. The maximum Gasteiger partial charge on any atom is 0.339 e. The number of aliphatic hydroxyl groups is 1.